The van der Waals surface area contributed by atoms with Gasteiger partial charge in [-0.2, -0.15) is 9.61 Å². The molecule has 6 heteroatoms. The summed E-state index contributed by atoms with van der Waals surface area (Å²) in [5.41, 5.74) is 8.08. The number of anilines is 2. The number of nitrogens with zero attached hydrogens (tertiary/aromatic N) is 3. The van der Waals surface area contributed by atoms with Gasteiger partial charge in [0.25, 0.3) is 0 Å². The monoisotopic (exact) mass is 402 g/mol. The maximum atomic E-state index is 5.49. The lowest BCUT2D eigenvalue weighted by Crippen LogP contribution is -2.03. The molecular formula is C24H26N4O2. The zero-order valence-corrected chi connectivity index (χ0v) is 18.2. The highest BCUT2D eigenvalue weighted by molar-refractivity contribution is 5.82. The number of methoxy groups -OCH3 is 2. The molecule has 4 aromatic rings. The van der Waals surface area contributed by atoms with Crippen LogP contribution in [0, 0.1) is 27.7 Å². The minimum Gasteiger partial charge on any atom is -0.493 e. The van der Waals surface area contributed by atoms with Crippen LogP contribution in [-0.2, 0) is 0 Å². The SMILES string of the molecule is COc1ccc(-c2c(C)nn3c(Nc4ccc(C)c(C)c4)cc(C)nc23)cc1OC. The molecule has 0 saturated carbocycles. The van der Waals surface area contributed by atoms with E-state index < -0.39 is 0 Å². The van der Waals surface area contributed by atoms with Crippen molar-refractivity contribution < 1.29 is 9.47 Å². The molecule has 2 aromatic carbocycles. The van der Waals surface area contributed by atoms with Gasteiger partial charge in [0, 0.05) is 23.0 Å². The van der Waals surface area contributed by atoms with E-state index in [1.807, 2.05) is 42.6 Å². The Hall–Kier alpha value is -3.54. The second-order valence-corrected chi connectivity index (χ2v) is 7.47. The number of rotatable bonds is 5. The fourth-order valence-electron chi connectivity index (χ4n) is 3.63. The summed E-state index contributed by atoms with van der Waals surface area (Å²) in [6, 6.07) is 14.2. The highest BCUT2D eigenvalue weighted by Gasteiger charge is 2.18. The number of hydrogen-bond acceptors (Lipinski definition) is 5. The van der Waals surface area contributed by atoms with Gasteiger partial charge < -0.3 is 14.8 Å². The highest BCUT2D eigenvalue weighted by Crippen LogP contribution is 2.36. The molecule has 4 rings (SSSR count). The van der Waals surface area contributed by atoms with E-state index in [0.29, 0.717) is 11.5 Å². The van der Waals surface area contributed by atoms with Crippen molar-refractivity contribution in [1.82, 2.24) is 14.6 Å². The molecule has 0 radical (unpaired) electrons. The summed E-state index contributed by atoms with van der Waals surface area (Å²) in [6.07, 6.45) is 0. The molecule has 0 aliphatic heterocycles. The molecule has 6 nitrogen and oxygen atoms in total. The van der Waals surface area contributed by atoms with Gasteiger partial charge in [0.1, 0.15) is 5.82 Å². The molecule has 0 unspecified atom stereocenters. The molecule has 0 spiro atoms. The molecule has 1 N–H and O–H groups in total. The van der Waals surface area contributed by atoms with Crippen LogP contribution in [0.25, 0.3) is 16.8 Å². The normalized spacial score (nSPS) is 11.0. The van der Waals surface area contributed by atoms with Crippen LogP contribution in [0.4, 0.5) is 11.5 Å². The summed E-state index contributed by atoms with van der Waals surface area (Å²) in [6.45, 7) is 8.21. The van der Waals surface area contributed by atoms with Crippen molar-refractivity contribution in [3.63, 3.8) is 0 Å². The first-order valence-electron chi connectivity index (χ1n) is 9.85. The van der Waals surface area contributed by atoms with Crippen molar-refractivity contribution in [2.45, 2.75) is 27.7 Å². The molecule has 154 valence electrons. The third-order valence-electron chi connectivity index (χ3n) is 5.34. The van der Waals surface area contributed by atoms with E-state index in [2.05, 4.69) is 37.4 Å². The fourth-order valence-corrected chi connectivity index (χ4v) is 3.63. The second-order valence-electron chi connectivity index (χ2n) is 7.47. The Morgan fingerprint density at radius 3 is 2.30 bits per heavy atom. The smallest absolute Gasteiger partial charge is 0.165 e. The van der Waals surface area contributed by atoms with E-state index in [1.165, 1.54) is 11.1 Å². The first-order chi connectivity index (χ1) is 14.4. The van der Waals surface area contributed by atoms with Gasteiger partial charge in [-0.05, 0) is 68.7 Å². The van der Waals surface area contributed by atoms with E-state index >= 15 is 0 Å². The van der Waals surface area contributed by atoms with Gasteiger partial charge in [0.15, 0.2) is 17.1 Å². The zero-order valence-electron chi connectivity index (χ0n) is 18.2. The van der Waals surface area contributed by atoms with Crippen LogP contribution < -0.4 is 14.8 Å². The Labute approximate surface area is 176 Å². The van der Waals surface area contributed by atoms with E-state index in [-0.39, 0.29) is 0 Å². The van der Waals surface area contributed by atoms with Gasteiger partial charge in [-0.3, -0.25) is 0 Å². The van der Waals surface area contributed by atoms with Gasteiger partial charge in [0.2, 0.25) is 0 Å². The summed E-state index contributed by atoms with van der Waals surface area (Å²) in [5.74, 6) is 2.24. The highest BCUT2D eigenvalue weighted by atomic mass is 16.5. The Morgan fingerprint density at radius 2 is 1.60 bits per heavy atom. The fraction of sp³-hybridized carbons (Fsp3) is 0.250. The number of aryl methyl sites for hydroxylation is 4. The molecule has 0 saturated heterocycles. The van der Waals surface area contributed by atoms with E-state index in [4.69, 9.17) is 19.6 Å². The molecule has 0 amide bonds. The van der Waals surface area contributed by atoms with Crippen LogP contribution in [0.1, 0.15) is 22.5 Å². The average molecular weight is 402 g/mol. The van der Waals surface area contributed by atoms with Crippen LogP contribution in [0.3, 0.4) is 0 Å². The number of hydrogen-bond donors (Lipinski definition) is 1. The van der Waals surface area contributed by atoms with Crippen LogP contribution in [0.2, 0.25) is 0 Å². The minimum atomic E-state index is 0.676. The maximum Gasteiger partial charge on any atom is 0.165 e. The lowest BCUT2D eigenvalue weighted by molar-refractivity contribution is 0.355. The summed E-state index contributed by atoms with van der Waals surface area (Å²) >= 11 is 0. The lowest BCUT2D eigenvalue weighted by Gasteiger charge is -2.12. The first-order valence-corrected chi connectivity index (χ1v) is 9.85. The largest absolute Gasteiger partial charge is 0.493 e. The van der Waals surface area contributed by atoms with Gasteiger partial charge in [-0.15, -0.1) is 0 Å². The molecule has 2 heterocycles. The number of fused-ring (bicyclic) bond motifs is 1. The second kappa shape index (κ2) is 7.71. The topological polar surface area (TPSA) is 60.7 Å². The summed E-state index contributed by atoms with van der Waals surface area (Å²) < 4.78 is 12.7. The standard InChI is InChI=1S/C24H26N4O2/c1-14-7-9-19(11-15(14)2)26-22-12-16(3)25-24-23(17(4)27-28(22)24)18-8-10-20(29-5)21(13-18)30-6/h7-13,26H,1-6H3. The first kappa shape index (κ1) is 19.8. The summed E-state index contributed by atoms with van der Waals surface area (Å²) in [5, 5.41) is 8.29. The average Bonchev–Trinajstić information content (AvgIpc) is 3.06. The molecule has 30 heavy (non-hydrogen) atoms. The Balaban J connectivity index is 1.86. The third-order valence-corrected chi connectivity index (χ3v) is 5.34. The van der Waals surface area contributed by atoms with Crippen molar-refractivity contribution in [2.75, 3.05) is 19.5 Å². The van der Waals surface area contributed by atoms with Crippen LogP contribution in [-0.4, -0.2) is 28.8 Å². The molecule has 0 aliphatic rings. The number of benzene rings is 2. The molecular weight excluding hydrogens is 376 g/mol. The summed E-state index contributed by atoms with van der Waals surface area (Å²) in [7, 11) is 3.27. The van der Waals surface area contributed by atoms with Gasteiger partial charge in [-0.1, -0.05) is 12.1 Å². The predicted octanol–water partition coefficient (Wildman–Crippen LogP) is 5.39. The quantitative estimate of drug-likeness (QED) is 0.485. The van der Waals surface area contributed by atoms with E-state index in [9.17, 15) is 0 Å². The number of aromatic nitrogens is 3. The molecule has 2 aromatic heterocycles. The Kier molecular flexibility index (Phi) is 5.08. The van der Waals surface area contributed by atoms with Gasteiger partial charge >= 0.3 is 0 Å². The Morgan fingerprint density at radius 1 is 0.833 bits per heavy atom. The Bertz CT molecular complexity index is 1240. The lowest BCUT2D eigenvalue weighted by atomic mass is 10.1. The summed E-state index contributed by atoms with van der Waals surface area (Å²) in [4.78, 5) is 4.79. The van der Waals surface area contributed by atoms with Crippen molar-refractivity contribution in [3.8, 4) is 22.6 Å². The zero-order chi connectivity index (χ0) is 21.4. The molecule has 0 aliphatic carbocycles. The molecule has 0 atom stereocenters. The van der Waals surface area contributed by atoms with Crippen molar-refractivity contribution in [3.05, 3.63) is 65.0 Å². The van der Waals surface area contributed by atoms with Crippen LogP contribution in [0.5, 0.6) is 11.5 Å². The van der Waals surface area contributed by atoms with Crippen LogP contribution in [0.15, 0.2) is 42.5 Å². The number of nitrogens with one attached hydrogen (secondary N) is 1. The maximum absolute atomic E-state index is 5.49. The number of ether oxygens (including phenoxy) is 2. The predicted molar refractivity (Wildman–Crippen MR) is 120 cm³/mol. The van der Waals surface area contributed by atoms with E-state index in [0.717, 1.165) is 39.7 Å². The molecule has 0 bridgehead atoms. The molecule has 0 fully saturated rings. The van der Waals surface area contributed by atoms with Crippen molar-refractivity contribution in [2.24, 2.45) is 0 Å². The minimum absolute atomic E-state index is 0.676. The van der Waals surface area contributed by atoms with Crippen molar-refractivity contribution in [1.29, 1.82) is 0 Å². The van der Waals surface area contributed by atoms with Crippen molar-refractivity contribution >= 4 is 17.2 Å². The van der Waals surface area contributed by atoms with Gasteiger partial charge in [-0.25, -0.2) is 4.98 Å². The van der Waals surface area contributed by atoms with Gasteiger partial charge in [0.05, 0.1) is 19.9 Å². The van der Waals surface area contributed by atoms with E-state index in [1.54, 1.807) is 14.2 Å². The van der Waals surface area contributed by atoms with Crippen LogP contribution >= 0.6 is 0 Å². The third kappa shape index (κ3) is 3.45.